The number of nitrogens with zero attached hydrogens (tertiary/aromatic N) is 2. The van der Waals surface area contributed by atoms with E-state index in [4.69, 9.17) is 9.47 Å². The standard InChI is InChI=1S/C23H29F2N3O4/c1-3-28(18-6-8-32-9-7-18)21-5-4-15(16(14-31-2)11-22(29)30)10-20(21)27-23-19(25)12-17(24)13-26-23/h4-5,10,12-13,16,18H,3,6-9,11,14H2,1-2H3,(H,26,27)(H,29,30). The number of aromatic nitrogens is 1. The van der Waals surface area contributed by atoms with Crippen molar-refractivity contribution < 1.29 is 28.2 Å². The number of aliphatic carboxylic acids is 1. The molecule has 0 saturated carbocycles. The first-order valence-electron chi connectivity index (χ1n) is 10.7. The molecule has 32 heavy (non-hydrogen) atoms. The predicted molar refractivity (Wildman–Crippen MR) is 118 cm³/mol. The van der Waals surface area contributed by atoms with Crippen LogP contribution >= 0.6 is 0 Å². The summed E-state index contributed by atoms with van der Waals surface area (Å²) in [4.78, 5) is 17.4. The Labute approximate surface area is 186 Å². The number of nitrogens with one attached hydrogen (secondary N) is 1. The molecule has 2 heterocycles. The van der Waals surface area contributed by atoms with E-state index >= 15 is 0 Å². The van der Waals surface area contributed by atoms with Gasteiger partial charge in [-0.05, 0) is 37.5 Å². The first kappa shape index (κ1) is 23.9. The molecule has 1 aromatic heterocycles. The molecule has 1 fully saturated rings. The van der Waals surface area contributed by atoms with Crippen molar-refractivity contribution in [3.05, 3.63) is 47.7 Å². The summed E-state index contributed by atoms with van der Waals surface area (Å²) in [6.07, 6.45) is 2.57. The minimum absolute atomic E-state index is 0.102. The number of carboxylic acids is 1. The number of pyridine rings is 1. The lowest BCUT2D eigenvalue weighted by atomic mass is 9.95. The van der Waals surface area contributed by atoms with Crippen molar-refractivity contribution in [1.82, 2.24) is 4.98 Å². The molecule has 3 rings (SSSR count). The van der Waals surface area contributed by atoms with Gasteiger partial charge in [0.25, 0.3) is 0 Å². The Kier molecular flexibility index (Phi) is 8.35. The summed E-state index contributed by atoms with van der Waals surface area (Å²) in [6.45, 7) is 4.33. The molecule has 174 valence electrons. The Balaban J connectivity index is 2.03. The van der Waals surface area contributed by atoms with E-state index in [1.165, 1.54) is 7.11 Å². The zero-order chi connectivity index (χ0) is 23.1. The van der Waals surface area contributed by atoms with Gasteiger partial charge in [0.15, 0.2) is 11.6 Å². The van der Waals surface area contributed by atoms with Crippen molar-refractivity contribution >= 4 is 23.2 Å². The van der Waals surface area contributed by atoms with Crippen LogP contribution in [0, 0.1) is 11.6 Å². The molecule has 2 aromatic rings. The van der Waals surface area contributed by atoms with Crippen molar-refractivity contribution in [3.8, 4) is 0 Å². The van der Waals surface area contributed by atoms with E-state index in [0.717, 1.165) is 36.4 Å². The minimum Gasteiger partial charge on any atom is -0.481 e. The van der Waals surface area contributed by atoms with E-state index in [-0.39, 0.29) is 30.8 Å². The van der Waals surface area contributed by atoms with Crippen LogP contribution in [0.3, 0.4) is 0 Å². The molecule has 9 heteroatoms. The maximum atomic E-state index is 14.4. The normalized spacial score (nSPS) is 15.4. The average molecular weight is 449 g/mol. The maximum Gasteiger partial charge on any atom is 0.304 e. The van der Waals surface area contributed by atoms with Crippen LogP contribution in [0.1, 0.15) is 37.7 Å². The van der Waals surface area contributed by atoms with Crippen LogP contribution in [0.15, 0.2) is 30.5 Å². The van der Waals surface area contributed by atoms with E-state index in [0.29, 0.717) is 25.4 Å². The number of carbonyl (C=O) groups is 1. The van der Waals surface area contributed by atoms with Crippen LogP contribution in [-0.2, 0) is 14.3 Å². The summed E-state index contributed by atoms with van der Waals surface area (Å²) in [5.74, 6) is -2.99. The largest absolute Gasteiger partial charge is 0.481 e. The highest BCUT2D eigenvalue weighted by molar-refractivity contribution is 5.76. The molecule has 2 N–H and O–H groups in total. The van der Waals surface area contributed by atoms with E-state index in [9.17, 15) is 18.7 Å². The SMILES string of the molecule is CCN(c1ccc(C(COC)CC(=O)O)cc1Nc1ncc(F)cc1F)C1CCOCC1. The number of rotatable bonds is 10. The van der Waals surface area contributed by atoms with Gasteiger partial charge in [-0.25, -0.2) is 13.8 Å². The van der Waals surface area contributed by atoms with Gasteiger partial charge in [0.1, 0.15) is 5.82 Å². The summed E-state index contributed by atoms with van der Waals surface area (Å²) in [6, 6.07) is 6.60. The van der Waals surface area contributed by atoms with Crippen molar-refractivity contribution in [2.24, 2.45) is 0 Å². The van der Waals surface area contributed by atoms with Crippen LogP contribution in [-0.4, -0.2) is 55.6 Å². The second kappa shape index (κ2) is 11.2. The Bertz CT molecular complexity index is 922. The van der Waals surface area contributed by atoms with Crippen LogP contribution < -0.4 is 10.2 Å². The molecule has 0 amide bonds. The third kappa shape index (κ3) is 5.92. The smallest absolute Gasteiger partial charge is 0.304 e. The first-order valence-corrected chi connectivity index (χ1v) is 10.7. The Morgan fingerprint density at radius 1 is 1.34 bits per heavy atom. The third-order valence-corrected chi connectivity index (χ3v) is 5.62. The number of hydrogen-bond donors (Lipinski definition) is 2. The third-order valence-electron chi connectivity index (χ3n) is 5.62. The van der Waals surface area contributed by atoms with Crippen molar-refractivity contribution in [2.45, 2.75) is 38.1 Å². The molecule has 1 saturated heterocycles. The fraction of sp³-hybridized carbons (Fsp3) is 0.478. The molecular weight excluding hydrogens is 420 g/mol. The molecule has 1 aliphatic heterocycles. The van der Waals surface area contributed by atoms with E-state index < -0.39 is 17.6 Å². The lowest BCUT2D eigenvalue weighted by Crippen LogP contribution is -2.39. The van der Waals surface area contributed by atoms with Crippen molar-refractivity contribution in [2.75, 3.05) is 43.7 Å². The van der Waals surface area contributed by atoms with Gasteiger partial charge < -0.3 is 24.8 Å². The highest BCUT2D eigenvalue weighted by Gasteiger charge is 2.25. The fourth-order valence-electron chi connectivity index (χ4n) is 4.10. The average Bonchev–Trinajstić information content (AvgIpc) is 2.77. The number of halogens is 2. The number of hydrogen-bond acceptors (Lipinski definition) is 6. The molecule has 1 aromatic carbocycles. The van der Waals surface area contributed by atoms with Gasteiger partial charge in [-0.3, -0.25) is 4.79 Å². The first-order chi connectivity index (χ1) is 15.4. The van der Waals surface area contributed by atoms with Gasteiger partial charge in [0.05, 0.1) is 30.6 Å². The molecule has 0 spiro atoms. The van der Waals surface area contributed by atoms with Crippen molar-refractivity contribution in [3.63, 3.8) is 0 Å². The van der Waals surface area contributed by atoms with Crippen LogP contribution in [0.4, 0.5) is 26.0 Å². The summed E-state index contributed by atoms with van der Waals surface area (Å²) in [5, 5.41) is 12.3. The fourth-order valence-corrected chi connectivity index (χ4v) is 4.10. The Morgan fingerprint density at radius 2 is 2.09 bits per heavy atom. The van der Waals surface area contributed by atoms with Crippen LogP contribution in [0.25, 0.3) is 0 Å². The topological polar surface area (TPSA) is 83.9 Å². The Morgan fingerprint density at radius 3 is 2.72 bits per heavy atom. The second-order valence-electron chi connectivity index (χ2n) is 7.77. The molecule has 1 atom stereocenters. The van der Waals surface area contributed by atoms with Gasteiger partial charge in [-0.1, -0.05) is 6.07 Å². The summed E-state index contributed by atoms with van der Waals surface area (Å²) >= 11 is 0. The number of benzene rings is 1. The monoisotopic (exact) mass is 449 g/mol. The molecule has 1 unspecified atom stereocenters. The van der Waals surface area contributed by atoms with Gasteiger partial charge in [-0.15, -0.1) is 0 Å². The lowest BCUT2D eigenvalue weighted by molar-refractivity contribution is -0.137. The molecule has 0 aliphatic carbocycles. The zero-order valence-corrected chi connectivity index (χ0v) is 18.3. The summed E-state index contributed by atoms with van der Waals surface area (Å²) in [7, 11) is 1.52. The second-order valence-corrected chi connectivity index (χ2v) is 7.77. The highest BCUT2D eigenvalue weighted by atomic mass is 19.1. The summed E-state index contributed by atoms with van der Waals surface area (Å²) in [5.41, 5.74) is 2.14. The Hall–Kier alpha value is -2.78. The van der Waals surface area contributed by atoms with Gasteiger partial charge in [0.2, 0.25) is 0 Å². The number of ether oxygens (including phenoxy) is 2. The van der Waals surface area contributed by atoms with Crippen LogP contribution in [0.5, 0.6) is 0 Å². The number of anilines is 3. The highest BCUT2D eigenvalue weighted by Crippen LogP contribution is 2.36. The van der Waals surface area contributed by atoms with Gasteiger partial charge in [-0.2, -0.15) is 0 Å². The molecule has 0 bridgehead atoms. The molecule has 1 aliphatic rings. The lowest BCUT2D eigenvalue weighted by Gasteiger charge is -2.36. The number of carboxylic acid groups (broad SMARTS) is 1. The van der Waals surface area contributed by atoms with Gasteiger partial charge in [0, 0.05) is 44.9 Å². The molecular formula is C23H29F2N3O4. The van der Waals surface area contributed by atoms with E-state index in [1.54, 1.807) is 6.07 Å². The maximum absolute atomic E-state index is 14.4. The van der Waals surface area contributed by atoms with Crippen LogP contribution in [0.2, 0.25) is 0 Å². The van der Waals surface area contributed by atoms with E-state index in [2.05, 4.69) is 15.2 Å². The van der Waals surface area contributed by atoms with Crippen molar-refractivity contribution in [1.29, 1.82) is 0 Å². The minimum atomic E-state index is -0.936. The quantitative estimate of drug-likeness (QED) is 0.559. The predicted octanol–water partition coefficient (Wildman–Crippen LogP) is 4.31. The zero-order valence-electron chi connectivity index (χ0n) is 18.3. The van der Waals surface area contributed by atoms with Gasteiger partial charge >= 0.3 is 5.97 Å². The number of methoxy groups -OCH3 is 1. The molecule has 7 nitrogen and oxygen atoms in total. The molecule has 0 radical (unpaired) electrons. The van der Waals surface area contributed by atoms with E-state index in [1.807, 2.05) is 19.1 Å². The summed E-state index contributed by atoms with van der Waals surface area (Å²) < 4.78 is 38.4.